The van der Waals surface area contributed by atoms with E-state index in [9.17, 15) is 5.11 Å². The molecule has 1 N–H and O–H groups in total. The van der Waals surface area contributed by atoms with Gasteiger partial charge in [-0.05, 0) is 36.8 Å². The van der Waals surface area contributed by atoms with E-state index in [1.807, 2.05) is 43.3 Å². The number of aryl methyl sites for hydroxylation is 1. The molecule has 90 valence electrons. The van der Waals surface area contributed by atoms with Crippen LogP contribution in [0.4, 0.5) is 0 Å². The molecule has 1 aromatic carbocycles. The fraction of sp³-hybridized carbons (Fsp3) is 0.133. The number of benzene rings is 1. The van der Waals surface area contributed by atoms with Crippen LogP contribution in [0.2, 0.25) is 0 Å². The van der Waals surface area contributed by atoms with E-state index in [1.54, 1.807) is 12.3 Å². The van der Waals surface area contributed by atoms with Crippen LogP contribution < -0.4 is 0 Å². The Morgan fingerprint density at radius 2 is 2.06 bits per heavy atom. The number of aliphatic hydroxyl groups excluding tert-OH is 1. The minimum Gasteiger partial charge on any atom is -0.463 e. The van der Waals surface area contributed by atoms with Gasteiger partial charge in [-0.1, -0.05) is 18.2 Å². The fourth-order valence-corrected chi connectivity index (χ4v) is 2.02. The van der Waals surface area contributed by atoms with Crippen molar-refractivity contribution >= 4 is 10.9 Å². The molecule has 2 heterocycles. The van der Waals surface area contributed by atoms with Crippen LogP contribution in [0.3, 0.4) is 0 Å². The van der Waals surface area contributed by atoms with Crippen molar-refractivity contribution in [1.82, 2.24) is 4.98 Å². The molecular formula is C15H13NO2. The smallest absolute Gasteiger partial charge is 0.137 e. The molecule has 3 heteroatoms. The molecule has 0 saturated carbocycles. The number of nitrogens with zero attached hydrogens (tertiary/aromatic N) is 1. The maximum absolute atomic E-state index is 10.2. The first-order valence-corrected chi connectivity index (χ1v) is 5.83. The summed E-state index contributed by atoms with van der Waals surface area (Å²) in [6, 6.07) is 13.3. The fourth-order valence-electron chi connectivity index (χ4n) is 2.02. The monoisotopic (exact) mass is 239 g/mol. The first-order chi connectivity index (χ1) is 8.74. The summed E-state index contributed by atoms with van der Waals surface area (Å²) in [5.41, 5.74) is 1.66. The van der Waals surface area contributed by atoms with E-state index >= 15 is 0 Å². The SMILES string of the molecule is Cc1ccc(C(O)c2ccc3cccnc3c2)o1. The highest BCUT2D eigenvalue weighted by molar-refractivity contribution is 5.79. The molecule has 0 amide bonds. The normalized spacial score (nSPS) is 12.8. The summed E-state index contributed by atoms with van der Waals surface area (Å²) in [6.45, 7) is 1.86. The van der Waals surface area contributed by atoms with Crippen molar-refractivity contribution in [2.24, 2.45) is 0 Å². The van der Waals surface area contributed by atoms with Gasteiger partial charge < -0.3 is 9.52 Å². The van der Waals surface area contributed by atoms with E-state index in [-0.39, 0.29) is 0 Å². The largest absolute Gasteiger partial charge is 0.463 e. The van der Waals surface area contributed by atoms with Gasteiger partial charge in [0.2, 0.25) is 0 Å². The zero-order valence-corrected chi connectivity index (χ0v) is 10.00. The van der Waals surface area contributed by atoms with Crippen LogP contribution in [0.1, 0.15) is 23.2 Å². The Morgan fingerprint density at radius 1 is 1.17 bits per heavy atom. The number of aliphatic hydroxyl groups is 1. The predicted molar refractivity (Wildman–Crippen MR) is 69.2 cm³/mol. The minimum atomic E-state index is -0.745. The Kier molecular flexibility index (Phi) is 2.61. The Bertz CT molecular complexity index is 688. The Balaban J connectivity index is 2.03. The van der Waals surface area contributed by atoms with Crippen molar-refractivity contribution in [3.8, 4) is 0 Å². The van der Waals surface area contributed by atoms with Crippen LogP contribution in [0.5, 0.6) is 0 Å². The van der Waals surface area contributed by atoms with Gasteiger partial charge in [-0.25, -0.2) is 0 Å². The third-order valence-corrected chi connectivity index (χ3v) is 2.98. The van der Waals surface area contributed by atoms with Gasteiger partial charge in [-0.3, -0.25) is 4.98 Å². The van der Waals surface area contributed by atoms with Gasteiger partial charge in [0.1, 0.15) is 17.6 Å². The molecule has 0 aliphatic rings. The topological polar surface area (TPSA) is 46.3 Å². The number of fused-ring (bicyclic) bond motifs is 1. The van der Waals surface area contributed by atoms with E-state index < -0.39 is 6.10 Å². The van der Waals surface area contributed by atoms with Crippen molar-refractivity contribution in [2.75, 3.05) is 0 Å². The van der Waals surface area contributed by atoms with Crippen molar-refractivity contribution in [1.29, 1.82) is 0 Å². The molecule has 0 spiro atoms. The van der Waals surface area contributed by atoms with Crippen molar-refractivity contribution < 1.29 is 9.52 Å². The quantitative estimate of drug-likeness (QED) is 0.746. The van der Waals surface area contributed by atoms with Gasteiger partial charge in [0.25, 0.3) is 0 Å². The molecule has 0 aliphatic carbocycles. The predicted octanol–water partition coefficient (Wildman–Crippen LogP) is 3.22. The van der Waals surface area contributed by atoms with Crippen LogP contribution in [0.25, 0.3) is 10.9 Å². The van der Waals surface area contributed by atoms with Gasteiger partial charge in [0, 0.05) is 11.6 Å². The zero-order chi connectivity index (χ0) is 12.5. The maximum Gasteiger partial charge on any atom is 0.137 e. The third kappa shape index (κ3) is 1.89. The summed E-state index contributed by atoms with van der Waals surface area (Å²) in [7, 11) is 0. The molecule has 3 rings (SSSR count). The van der Waals surface area contributed by atoms with Gasteiger partial charge in [0.15, 0.2) is 0 Å². The first kappa shape index (κ1) is 11.0. The number of pyridine rings is 1. The lowest BCUT2D eigenvalue weighted by atomic mass is 10.1. The highest BCUT2D eigenvalue weighted by atomic mass is 16.4. The van der Waals surface area contributed by atoms with Crippen LogP contribution in [-0.2, 0) is 0 Å². The van der Waals surface area contributed by atoms with E-state index in [1.165, 1.54) is 0 Å². The van der Waals surface area contributed by atoms with Crippen LogP contribution in [0, 0.1) is 6.92 Å². The molecule has 3 nitrogen and oxygen atoms in total. The van der Waals surface area contributed by atoms with Crippen molar-refractivity contribution in [2.45, 2.75) is 13.0 Å². The molecule has 3 aromatic rings. The molecule has 2 aromatic heterocycles. The number of hydrogen-bond acceptors (Lipinski definition) is 3. The van der Waals surface area contributed by atoms with E-state index in [0.29, 0.717) is 5.76 Å². The molecule has 1 atom stereocenters. The number of furan rings is 1. The molecule has 1 unspecified atom stereocenters. The Hall–Kier alpha value is -2.13. The summed E-state index contributed by atoms with van der Waals surface area (Å²) < 4.78 is 5.44. The standard InChI is InChI=1S/C15H13NO2/c1-10-4-7-14(18-10)15(17)12-6-5-11-3-2-8-16-13(11)9-12/h2-9,15,17H,1H3. The number of hydrogen-bond donors (Lipinski definition) is 1. The maximum atomic E-state index is 10.2. The average Bonchev–Trinajstić information content (AvgIpc) is 2.84. The summed E-state index contributed by atoms with van der Waals surface area (Å²) in [4.78, 5) is 4.28. The molecule has 0 bridgehead atoms. The lowest BCUT2D eigenvalue weighted by molar-refractivity contribution is 0.188. The molecule has 0 aliphatic heterocycles. The summed E-state index contributed by atoms with van der Waals surface area (Å²) in [5.74, 6) is 1.35. The van der Waals surface area contributed by atoms with Crippen LogP contribution in [-0.4, -0.2) is 10.1 Å². The van der Waals surface area contributed by atoms with Crippen molar-refractivity contribution in [3.63, 3.8) is 0 Å². The second kappa shape index (κ2) is 4.27. The molecule has 0 fully saturated rings. The molecule has 18 heavy (non-hydrogen) atoms. The number of rotatable bonds is 2. The van der Waals surface area contributed by atoms with E-state index in [4.69, 9.17) is 4.42 Å². The third-order valence-electron chi connectivity index (χ3n) is 2.98. The molecule has 0 saturated heterocycles. The Morgan fingerprint density at radius 3 is 2.83 bits per heavy atom. The number of aromatic nitrogens is 1. The Labute approximate surface area is 105 Å². The summed E-state index contributed by atoms with van der Waals surface area (Å²) in [6.07, 6.45) is 1.00. The lowest BCUT2D eigenvalue weighted by Crippen LogP contribution is -1.98. The minimum absolute atomic E-state index is 0.558. The van der Waals surface area contributed by atoms with Gasteiger partial charge in [-0.2, -0.15) is 0 Å². The molecule has 0 radical (unpaired) electrons. The van der Waals surface area contributed by atoms with Crippen molar-refractivity contribution in [3.05, 3.63) is 65.7 Å². The zero-order valence-electron chi connectivity index (χ0n) is 10.00. The first-order valence-electron chi connectivity index (χ1n) is 5.83. The van der Waals surface area contributed by atoms with E-state index in [0.717, 1.165) is 22.2 Å². The highest BCUT2D eigenvalue weighted by Gasteiger charge is 2.14. The van der Waals surface area contributed by atoms with Gasteiger partial charge >= 0.3 is 0 Å². The molecular weight excluding hydrogens is 226 g/mol. The second-order valence-corrected chi connectivity index (χ2v) is 4.31. The van der Waals surface area contributed by atoms with Gasteiger partial charge in [-0.15, -0.1) is 0 Å². The highest BCUT2D eigenvalue weighted by Crippen LogP contribution is 2.25. The van der Waals surface area contributed by atoms with E-state index in [2.05, 4.69) is 4.98 Å². The average molecular weight is 239 g/mol. The lowest BCUT2D eigenvalue weighted by Gasteiger charge is -2.08. The second-order valence-electron chi connectivity index (χ2n) is 4.31. The summed E-state index contributed by atoms with van der Waals surface area (Å²) >= 11 is 0. The van der Waals surface area contributed by atoms with Gasteiger partial charge in [0.05, 0.1) is 5.52 Å². The van der Waals surface area contributed by atoms with Crippen LogP contribution in [0.15, 0.2) is 53.1 Å². The summed E-state index contributed by atoms with van der Waals surface area (Å²) in [5, 5.41) is 11.3. The van der Waals surface area contributed by atoms with Crippen LogP contribution >= 0.6 is 0 Å².